The summed E-state index contributed by atoms with van der Waals surface area (Å²) in [5, 5.41) is 6.13. The Morgan fingerprint density at radius 1 is 1.19 bits per heavy atom. The van der Waals surface area contributed by atoms with Crippen molar-refractivity contribution in [2.24, 2.45) is 0 Å². The number of carbonyl (C=O) groups is 1. The van der Waals surface area contributed by atoms with Gasteiger partial charge >= 0.3 is 0 Å². The second-order valence-electron chi connectivity index (χ2n) is 5.69. The minimum atomic E-state index is -3.82. The summed E-state index contributed by atoms with van der Waals surface area (Å²) in [6.07, 6.45) is 4.34. The van der Waals surface area contributed by atoms with E-state index in [2.05, 4.69) is 10.2 Å². The van der Waals surface area contributed by atoms with Crippen LogP contribution in [0.25, 0.3) is 0 Å². The zero-order chi connectivity index (χ0) is 15.6. The van der Waals surface area contributed by atoms with Gasteiger partial charge in [0.05, 0.1) is 0 Å². The first kappa shape index (κ1) is 15.9. The van der Waals surface area contributed by atoms with E-state index in [1.165, 1.54) is 17.8 Å². The van der Waals surface area contributed by atoms with Crippen LogP contribution in [0.3, 0.4) is 0 Å². The molecule has 8 heteroatoms. The molecule has 1 aromatic heterocycles. The van der Waals surface area contributed by atoms with Crippen molar-refractivity contribution in [3.63, 3.8) is 0 Å². The van der Waals surface area contributed by atoms with Gasteiger partial charge in [-0.25, -0.2) is 8.42 Å². The van der Waals surface area contributed by atoms with E-state index in [-0.39, 0.29) is 17.1 Å². The number of carbonyl (C=O) groups excluding carboxylic acids is 1. The van der Waals surface area contributed by atoms with Gasteiger partial charge in [-0.1, -0.05) is 0 Å². The van der Waals surface area contributed by atoms with E-state index in [1.807, 2.05) is 13.8 Å². The normalized spacial score (nSPS) is 18.0. The monoisotopic (exact) mass is 314 g/mol. The molecule has 2 heterocycles. The lowest BCUT2D eigenvalue weighted by Crippen LogP contribution is -2.44. The minimum absolute atomic E-state index is 0.0814. The molecule has 0 spiro atoms. The lowest BCUT2D eigenvalue weighted by atomic mass is 10.1. The van der Waals surface area contributed by atoms with Crippen molar-refractivity contribution in [1.29, 1.82) is 0 Å². The van der Waals surface area contributed by atoms with Crippen molar-refractivity contribution in [1.82, 2.24) is 19.7 Å². The maximum absolute atomic E-state index is 12.6. The van der Waals surface area contributed by atoms with Crippen LogP contribution in [0, 0.1) is 0 Å². The van der Waals surface area contributed by atoms with Crippen LogP contribution in [0.2, 0.25) is 0 Å². The number of hydrogen-bond donors (Lipinski definition) is 0. The van der Waals surface area contributed by atoms with Gasteiger partial charge in [0.25, 0.3) is 5.16 Å². The molecule has 1 amide bonds. The summed E-state index contributed by atoms with van der Waals surface area (Å²) >= 11 is 0. The van der Waals surface area contributed by atoms with Gasteiger partial charge in [-0.15, -0.1) is 10.2 Å². The van der Waals surface area contributed by atoms with E-state index in [0.717, 1.165) is 19.3 Å². The molecule has 1 aromatic rings. The Kier molecular flexibility index (Phi) is 4.65. The molecule has 0 aliphatic carbocycles. The number of amides is 1. The second kappa shape index (κ2) is 6.13. The van der Waals surface area contributed by atoms with Gasteiger partial charge in [0, 0.05) is 19.1 Å². The lowest BCUT2D eigenvalue weighted by Gasteiger charge is -2.29. The molecule has 1 aliphatic rings. The lowest BCUT2D eigenvalue weighted by molar-refractivity contribution is -0.131. The van der Waals surface area contributed by atoms with Crippen molar-refractivity contribution in [2.75, 3.05) is 13.1 Å². The first-order valence-electron chi connectivity index (χ1n) is 7.28. The average molecular weight is 314 g/mol. The summed E-state index contributed by atoms with van der Waals surface area (Å²) in [7, 11) is -3.82. The fraction of sp³-hybridized carbons (Fsp3) is 0.769. The van der Waals surface area contributed by atoms with E-state index in [1.54, 1.807) is 4.90 Å². The highest BCUT2D eigenvalue weighted by Crippen LogP contribution is 2.20. The van der Waals surface area contributed by atoms with E-state index in [4.69, 9.17) is 0 Å². The van der Waals surface area contributed by atoms with Crippen molar-refractivity contribution < 1.29 is 13.2 Å². The second-order valence-corrected chi connectivity index (χ2v) is 7.85. The topological polar surface area (TPSA) is 85.2 Å². The molecule has 1 saturated heterocycles. The third-order valence-corrected chi connectivity index (χ3v) is 5.77. The fourth-order valence-corrected chi connectivity index (χ4v) is 3.90. The molecule has 0 unspecified atom stereocenters. The molecule has 118 valence electrons. The van der Waals surface area contributed by atoms with Crippen LogP contribution in [0.5, 0.6) is 0 Å². The zero-order valence-electron chi connectivity index (χ0n) is 12.7. The van der Waals surface area contributed by atoms with Crippen LogP contribution >= 0.6 is 0 Å². The molecule has 21 heavy (non-hydrogen) atoms. The summed E-state index contributed by atoms with van der Waals surface area (Å²) in [5.74, 6) is -0.340. The Bertz CT molecular complexity index is 603. The Labute approximate surface area is 125 Å². The highest BCUT2D eigenvalue weighted by atomic mass is 32.2. The quantitative estimate of drug-likeness (QED) is 0.828. The zero-order valence-corrected chi connectivity index (χ0v) is 13.5. The molecular weight excluding hydrogens is 292 g/mol. The van der Waals surface area contributed by atoms with Crippen LogP contribution < -0.4 is 0 Å². The summed E-state index contributed by atoms with van der Waals surface area (Å²) in [4.78, 5) is 14.1. The maximum Gasteiger partial charge on any atom is 0.250 e. The number of piperidine rings is 1. The molecule has 0 aromatic carbocycles. The first-order valence-corrected chi connectivity index (χ1v) is 8.82. The number of sulfone groups is 1. The van der Waals surface area contributed by atoms with E-state index in [0.29, 0.717) is 13.1 Å². The maximum atomic E-state index is 12.6. The number of aromatic nitrogens is 3. The fourth-order valence-electron chi connectivity index (χ4n) is 2.45. The Morgan fingerprint density at radius 3 is 2.38 bits per heavy atom. The average Bonchev–Trinajstić information content (AvgIpc) is 2.97. The molecule has 1 aliphatic heterocycles. The van der Waals surface area contributed by atoms with Gasteiger partial charge < -0.3 is 9.47 Å². The first-order chi connectivity index (χ1) is 9.85. The molecular formula is C13H22N4O3S. The number of rotatable bonds is 4. The van der Waals surface area contributed by atoms with Gasteiger partial charge in [0.1, 0.15) is 11.6 Å². The van der Waals surface area contributed by atoms with E-state index < -0.39 is 15.1 Å². The third-order valence-electron chi connectivity index (χ3n) is 3.83. The Balaban J connectivity index is 2.25. The number of hydrogen-bond acceptors (Lipinski definition) is 5. The van der Waals surface area contributed by atoms with Gasteiger partial charge in [-0.2, -0.15) is 0 Å². The van der Waals surface area contributed by atoms with Crippen molar-refractivity contribution in [3.05, 3.63) is 6.33 Å². The predicted molar refractivity (Wildman–Crippen MR) is 77.5 cm³/mol. The van der Waals surface area contributed by atoms with Crippen LogP contribution in [-0.4, -0.2) is 52.3 Å². The van der Waals surface area contributed by atoms with E-state index in [9.17, 15) is 13.2 Å². The Hall–Kier alpha value is -1.44. The molecule has 2 rings (SSSR count). The minimum Gasteiger partial charge on any atom is -0.342 e. The summed E-state index contributed by atoms with van der Waals surface area (Å²) < 4.78 is 26.7. The highest BCUT2D eigenvalue weighted by Gasteiger charge is 2.37. The highest BCUT2D eigenvalue weighted by molar-refractivity contribution is 7.92. The van der Waals surface area contributed by atoms with Crippen molar-refractivity contribution in [2.45, 2.75) is 56.5 Å². The van der Waals surface area contributed by atoms with Crippen LogP contribution in [0.1, 0.15) is 46.1 Å². The molecule has 0 bridgehead atoms. The standard InChI is InChI=1S/C13H22N4O3S/c1-10(2)17-9-14-15-13(17)21(19,20)11(3)12(18)16-7-5-4-6-8-16/h9-11H,4-8H2,1-3H3/t11-/m0/s1. The molecule has 1 fully saturated rings. The van der Waals surface area contributed by atoms with Gasteiger partial charge in [0.2, 0.25) is 15.7 Å². The van der Waals surface area contributed by atoms with Crippen LogP contribution in [0.15, 0.2) is 11.5 Å². The smallest absolute Gasteiger partial charge is 0.250 e. The summed E-state index contributed by atoms with van der Waals surface area (Å²) in [5.41, 5.74) is 0. The molecule has 0 radical (unpaired) electrons. The molecule has 0 saturated carbocycles. The number of likely N-dealkylation sites (tertiary alicyclic amines) is 1. The largest absolute Gasteiger partial charge is 0.342 e. The van der Waals surface area contributed by atoms with Crippen LogP contribution in [0.4, 0.5) is 0 Å². The van der Waals surface area contributed by atoms with E-state index >= 15 is 0 Å². The predicted octanol–water partition coefficient (Wildman–Crippen LogP) is 1.03. The third kappa shape index (κ3) is 3.09. The van der Waals surface area contributed by atoms with Gasteiger partial charge in [0.15, 0.2) is 0 Å². The molecule has 7 nitrogen and oxygen atoms in total. The van der Waals surface area contributed by atoms with Gasteiger partial charge in [-0.05, 0) is 40.0 Å². The van der Waals surface area contributed by atoms with Crippen molar-refractivity contribution in [3.8, 4) is 0 Å². The molecule has 0 N–H and O–H groups in total. The summed E-state index contributed by atoms with van der Waals surface area (Å²) in [6.45, 7) is 6.40. The summed E-state index contributed by atoms with van der Waals surface area (Å²) in [6, 6.07) is -0.0814. The van der Waals surface area contributed by atoms with Crippen LogP contribution in [-0.2, 0) is 14.6 Å². The van der Waals surface area contributed by atoms with Crippen molar-refractivity contribution >= 4 is 15.7 Å². The Morgan fingerprint density at radius 2 is 1.81 bits per heavy atom. The number of nitrogens with zero attached hydrogens (tertiary/aromatic N) is 4. The molecule has 1 atom stereocenters. The SMILES string of the molecule is CC(C)n1cnnc1S(=O)(=O)[C@@H](C)C(=O)N1CCCCC1. The van der Waals surface area contributed by atoms with Gasteiger partial charge in [-0.3, -0.25) is 4.79 Å².